The standard InChI is InChI=1S/C28H18N2O5/c31-23(16-35-24(32)14-13-18-7-3-6-17-8-5-15-29-26(17)18)30-22-12-4-11-21-25(22)28(34)20-10-2-1-9-19(20)27(21)33/h1-15H,16H2,(H,30,31)/b14-13+. The second-order valence-corrected chi connectivity index (χ2v) is 7.84. The van der Waals surface area contributed by atoms with Crippen LogP contribution in [0.4, 0.5) is 5.69 Å². The van der Waals surface area contributed by atoms with Gasteiger partial charge >= 0.3 is 5.97 Å². The van der Waals surface area contributed by atoms with Crippen LogP contribution in [0, 0.1) is 0 Å². The van der Waals surface area contributed by atoms with E-state index in [1.807, 2.05) is 30.3 Å². The van der Waals surface area contributed by atoms with Gasteiger partial charge in [-0.3, -0.25) is 19.4 Å². The third kappa shape index (κ3) is 4.22. The van der Waals surface area contributed by atoms with Gasteiger partial charge in [-0.15, -0.1) is 0 Å². The number of nitrogens with one attached hydrogen (secondary N) is 1. The molecule has 4 aromatic rings. The first-order valence-corrected chi connectivity index (χ1v) is 10.8. The molecule has 1 N–H and O–H groups in total. The number of fused-ring (bicyclic) bond motifs is 3. The molecule has 0 atom stereocenters. The average Bonchev–Trinajstić information content (AvgIpc) is 2.89. The molecule has 35 heavy (non-hydrogen) atoms. The number of para-hydroxylation sites is 1. The summed E-state index contributed by atoms with van der Waals surface area (Å²) in [5.41, 5.74) is 2.63. The molecule has 3 aromatic carbocycles. The van der Waals surface area contributed by atoms with Crippen molar-refractivity contribution in [1.82, 2.24) is 4.98 Å². The number of anilines is 1. The molecule has 1 aromatic heterocycles. The maximum Gasteiger partial charge on any atom is 0.331 e. The highest BCUT2D eigenvalue weighted by Gasteiger charge is 2.31. The quantitative estimate of drug-likeness (QED) is 0.310. The molecule has 1 amide bonds. The minimum absolute atomic E-state index is 0.124. The number of benzene rings is 3. The zero-order chi connectivity index (χ0) is 24.4. The Balaban J connectivity index is 1.27. The molecule has 1 heterocycles. The molecule has 7 heteroatoms. The second-order valence-electron chi connectivity index (χ2n) is 7.84. The Kier molecular flexibility index (Phi) is 5.73. The van der Waals surface area contributed by atoms with Crippen LogP contribution >= 0.6 is 0 Å². The van der Waals surface area contributed by atoms with Crippen LogP contribution in [-0.2, 0) is 14.3 Å². The number of carbonyl (C=O) groups excluding carboxylic acids is 4. The lowest BCUT2D eigenvalue weighted by Gasteiger charge is -2.20. The molecule has 5 rings (SSSR count). The first kappa shape index (κ1) is 21.9. The zero-order valence-electron chi connectivity index (χ0n) is 18.4. The van der Waals surface area contributed by atoms with Crippen LogP contribution in [0.5, 0.6) is 0 Å². The van der Waals surface area contributed by atoms with Gasteiger partial charge in [-0.05, 0) is 18.2 Å². The number of pyridine rings is 1. The smallest absolute Gasteiger partial charge is 0.331 e. The number of hydrogen-bond acceptors (Lipinski definition) is 6. The molecule has 0 unspecified atom stereocenters. The van der Waals surface area contributed by atoms with Gasteiger partial charge in [0, 0.05) is 39.9 Å². The third-order valence-electron chi connectivity index (χ3n) is 5.63. The van der Waals surface area contributed by atoms with Crippen molar-refractivity contribution in [3.8, 4) is 0 Å². The lowest BCUT2D eigenvalue weighted by molar-refractivity contribution is -0.142. The molecule has 0 aliphatic heterocycles. The lowest BCUT2D eigenvalue weighted by Crippen LogP contribution is -2.25. The van der Waals surface area contributed by atoms with E-state index in [0.29, 0.717) is 5.56 Å². The summed E-state index contributed by atoms with van der Waals surface area (Å²) >= 11 is 0. The van der Waals surface area contributed by atoms with E-state index in [1.165, 1.54) is 12.1 Å². The molecule has 170 valence electrons. The molecule has 0 saturated carbocycles. The number of amides is 1. The van der Waals surface area contributed by atoms with E-state index < -0.39 is 18.5 Å². The minimum atomic E-state index is -0.705. The SMILES string of the molecule is O=C(COC(=O)/C=C/c1cccc2cccnc12)Nc1cccc2c1C(=O)c1ccccc1C2=O. The molecule has 0 fully saturated rings. The predicted molar refractivity (Wildman–Crippen MR) is 130 cm³/mol. The fourth-order valence-electron chi connectivity index (χ4n) is 4.04. The van der Waals surface area contributed by atoms with Gasteiger partial charge in [-0.2, -0.15) is 0 Å². The molecule has 0 radical (unpaired) electrons. The van der Waals surface area contributed by atoms with Gasteiger partial charge in [-0.25, -0.2) is 4.79 Å². The Hall–Kier alpha value is -4.91. The molecule has 1 aliphatic carbocycles. The first-order chi connectivity index (χ1) is 17.0. The topological polar surface area (TPSA) is 102 Å². The summed E-state index contributed by atoms with van der Waals surface area (Å²) in [7, 11) is 0. The highest BCUT2D eigenvalue weighted by molar-refractivity contribution is 6.30. The summed E-state index contributed by atoms with van der Waals surface area (Å²) in [4.78, 5) is 54.8. The van der Waals surface area contributed by atoms with Crippen molar-refractivity contribution in [2.45, 2.75) is 0 Å². The van der Waals surface area contributed by atoms with Crippen molar-refractivity contribution in [2.24, 2.45) is 0 Å². The first-order valence-electron chi connectivity index (χ1n) is 10.8. The average molecular weight is 462 g/mol. The maximum atomic E-state index is 13.0. The fourth-order valence-corrected chi connectivity index (χ4v) is 4.04. The van der Waals surface area contributed by atoms with E-state index in [1.54, 1.807) is 48.7 Å². The molecule has 1 aliphatic rings. The van der Waals surface area contributed by atoms with Crippen LogP contribution < -0.4 is 5.32 Å². The van der Waals surface area contributed by atoms with Crippen molar-refractivity contribution in [3.05, 3.63) is 113 Å². The Bertz CT molecular complexity index is 1550. The monoisotopic (exact) mass is 462 g/mol. The van der Waals surface area contributed by atoms with E-state index >= 15 is 0 Å². The van der Waals surface area contributed by atoms with E-state index in [9.17, 15) is 19.2 Å². The van der Waals surface area contributed by atoms with Gasteiger partial charge in [0.15, 0.2) is 18.2 Å². The fraction of sp³-hybridized carbons (Fsp3) is 0.0357. The summed E-state index contributed by atoms with van der Waals surface area (Å²) in [6.07, 6.45) is 4.46. The number of ether oxygens (including phenoxy) is 1. The Morgan fingerprint density at radius 2 is 1.54 bits per heavy atom. The second kappa shape index (κ2) is 9.15. The molecular weight excluding hydrogens is 444 g/mol. The largest absolute Gasteiger partial charge is 0.452 e. The Labute approximate surface area is 200 Å². The van der Waals surface area contributed by atoms with Crippen molar-refractivity contribution < 1.29 is 23.9 Å². The molecule has 0 bridgehead atoms. The molecule has 0 spiro atoms. The van der Waals surface area contributed by atoms with E-state index in [-0.39, 0.29) is 33.9 Å². The van der Waals surface area contributed by atoms with E-state index in [2.05, 4.69) is 10.3 Å². The molecule has 0 saturated heterocycles. The van der Waals surface area contributed by atoms with Crippen LogP contribution in [0.1, 0.15) is 37.4 Å². The van der Waals surface area contributed by atoms with Crippen molar-refractivity contribution in [3.63, 3.8) is 0 Å². The van der Waals surface area contributed by atoms with Crippen LogP contribution in [0.3, 0.4) is 0 Å². The molecule has 7 nitrogen and oxygen atoms in total. The van der Waals surface area contributed by atoms with Crippen molar-refractivity contribution in [1.29, 1.82) is 0 Å². The van der Waals surface area contributed by atoms with Gasteiger partial charge in [-0.1, -0.05) is 60.7 Å². The lowest BCUT2D eigenvalue weighted by atomic mass is 9.83. The summed E-state index contributed by atoms with van der Waals surface area (Å²) < 4.78 is 5.05. The Morgan fingerprint density at radius 1 is 0.829 bits per heavy atom. The van der Waals surface area contributed by atoms with Crippen LogP contribution in [0.2, 0.25) is 0 Å². The number of carbonyl (C=O) groups is 4. The predicted octanol–water partition coefficient (Wildman–Crippen LogP) is 4.21. The van der Waals surface area contributed by atoms with Gasteiger partial charge in [0.25, 0.3) is 5.91 Å². The number of nitrogens with zero attached hydrogens (tertiary/aromatic N) is 1. The summed E-state index contributed by atoms with van der Waals surface area (Å²) in [6, 6.07) is 20.6. The number of rotatable bonds is 5. The summed E-state index contributed by atoms with van der Waals surface area (Å²) in [5, 5.41) is 3.52. The van der Waals surface area contributed by atoms with E-state index in [4.69, 9.17) is 4.74 Å². The van der Waals surface area contributed by atoms with Gasteiger partial charge in [0.05, 0.1) is 16.8 Å². The van der Waals surface area contributed by atoms with Gasteiger partial charge in [0.1, 0.15) is 0 Å². The number of hydrogen-bond donors (Lipinski definition) is 1. The highest BCUT2D eigenvalue weighted by Crippen LogP contribution is 2.31. The van der Waals surface area contributed by atoms with Gasteiger partial charge in [0.2, 0.25) is 0 Å². The van der Waals surface area contributed by atoms with Gasteiger partial charge < -0.3 is 10.1 Å². The number of ketones is 2. The minimum Gasteiger partial charge on any atom is -0.452 e. The number of aromatic nitrogens is 1. The van der Waals surface area contributed by atoms with Crippen LogP contribution in [0.25, 0.3) is 17.0 Å². The number of esters is 1. The normalized spacial score (nSPS) is 12.3. The Morgan fingerprint density at radius 3 is 2.37 bits per heavy atom. The summed E-state index contributed by atoms with van der Waals surface area (Å²) in [5.74, 6) is -1.98. The van der Waals surface area contributed by atoms with E-state index in [0.717, 1.165) is 16.5 Å². The van der Waals surface area contributed by atoms with Crippen molar-refractivity contribution >= 4 is 46.1 Å². The highest BCUT2D eigenvalue weighted by atomic mass is 16.5. The molecular formula is C28H18N2O5. The van der Waals surface area contributed by atoms with Crippen LogP contribution in [-0.4, -0.2) is 35.0 Å². The summed E-state index contributed by atoms with van der Waals surface area (Å²) in [6.45, 7) is -0.556. The maximum absolute atomic E-state index is 13.0. The zero-order valence-corrected chi connectivity index (χ0v) is 18.4. The van der Waals surface area contributed by atoms with Crippen LogP contribution in [0.15, 0.2) is 85.1 Å². The third-order valence-corrected chi connectivity index (χ3v) is 5.63. The van der Waals surface area contributed by atoms with Crippen molar-refractivity contribution in [2.75, 3.05) is 11.9 Å².